The molecule has 1 aromatic carbocycles. The zero-order chi connectivity index (χ0) is 19.3. The number of hydrogen-bond acceptors (Lipinski definition) is 3. The number of rotatable bonds is 5. The predicted molar refractivity (Wildman–Crippen MR) is 112 cm³/mol. The number of likely N-dealkylation sites (tertiary alicyclic amines) is 1. The average molecular weight is 436 g/mol. The maximum Gasteiger partial charge on any atom is 0.309 e. The molecule has 0 unspecified atom stereocenters. The van der Waals surface area contributed by atoms with E-state index in [1.54, 1.807) is 0 Å². The first kappa shape index (κ1) is 20.2. The second-order valence-electron chi connectivity index (χ2n) is 7.56. The van der Waals surface area contributed by atoms with Crippen LogP contribution in [0.5, 0.6) is 0 Å². The molecule has 148 valence electrons. The zero-order valence-electron chi connectivity index (χ0n) is 16.3. The van der Waals surface area contributed by atoms with Crippen molar-refractivity contribution < 1.29 is 9.53 Å². The van der Waals surface area contributed by atoms with E-state index in [0.29, 0.717) is 6.61 Å². The number of carbonyl (C=O) groups excluding carboxylic acids is 1. The lowest BCUT2D eigenvalue weighted by molar-refractivity contribution is -0.149. The molecule has 0 radical (unpaired) electrons. The largest absolute Gasteiger partial charge is 0.466 e. The number of benzene rings is 1. The van der Waals surface area contributed by atoms with Crippen molar-refractivity contribution in [1.29, 1.82) is 0 Å². The van der Waals surface area contributed by atoms with Crippen LogP contribution in [-0.4, -0.2) is 50.1 Å². The summed E-state index contributed by atoms with van der Waals surface area (Å²) in [5, 5.41) is 3.61. The van der Waals surface area contributed by atoms with Gasteiger partial charge in [0.25, 0.3) is 0 Å². The van der Waals surface area contributed by atoms with Gasteiger partial charge in [-0.2, -0.15) is 0 Å². The van der Waals surface area contributed by atoms with E-state index in [-0.39, 0.29) is 17.3 Å². The second-order valence-corrected chi connectivity index (χ2v) is 8.47. The van der Waals surface area contributed by atoms with Crippen LogP contribution in [0.25, 0.3) is 0 Å². The molecule has 0 amide bonds. The molecule has 2 fully saturated rings. The highest BCUT2D eigenvalue weighted by molar-refractivity contribution is 9.10. The number of piperidine rings is 1. The van der Waals surface area contributed by atoms with Crippen LogP contribution >= 0.6 is 15.9 Å². The Balaban J connectivity index is 1.57. The lowest BCUT2D eigenvalue weighted by Gasteiger charge is -2.44. The van der Waals surface area contributed by atoms with Gasteiger partial charge in [-0.1, -0.05) is 34.5 Å². The van der Waals surface area contributed by atoms with Crippen LogP contribution < -0.4 is 5.32 Å². The molecule has 1 saturated heterocycles. The van der Waals surface area contributed by atoms with Crippen LogP contribution in [0.4, 0.5) is 0 Å². The first-order valence-corrected chi connectivity index (χ1v) is 10.8. The van der Waals surface area contributed by atoms with E-state index in [1.165, 1.54) is 24.8 Å². The number of esters is 1. The molecular weight excluding hydrogens is 406 g/mol. The number of carbonyl (C=O) groups is 1. The SMILES string of the molecule is CCOC(=O)C1CCN(C(=NC)NCC2(c3cccc(Br)c3)CCC2)CC1. The Labute approximate surface area is 170 Å². The van der Waals surface area contributed by atoms with Crippen molar-refractivity contribution in [3.8, 4) is 0 Å². The summed E-state index contributed by atoms with van der Waals surface area (Å²) in [7, 11) is 1.84. The van der Waals surface area contributed by atoms with E-state index in [1.807, 2.05) is 14.0 Å². The quantitative estimate of drug-likeness (QED) is 0.434. The topological polar surface area (TPSA) is 53.9 Å². The standard InChI is InChI=1S/C21H30BrN3O2/c1-3-27-19(26)16-8-12-25(13-9-16)20(23-2)24-15-21(10-5-11-21)17-6-4-7-18(22)14-17/h4,6-7,14,16H,3,5,8-13,15H2,1-2H3,(H,23,24). The molecule has 1 aliphatic carbocycles. The van der Waals surface area contributed by atoms with Crippen LogP contribution in [0.15, 0.2) is 33.7 Å². The Morgan fingerprint density at radius 1 is 1.37 bits per heavy atom. The van der Waals surface area contributed by atoms with Gasteiger partial charge in [-0.15, -0.1) is 0 Å². The third kappa shape index (κ3) is 4.65. The van der Waals surface area contributed by atoms with Gasteiger partial charge in [0, 0.05) is 36.6 Å². The lowest BCUT2D eigenvalue weighted by atomic mass is 9.64. The summed E-state index contributed by atoms with van der Waals surface area (Å²) < 4.78 is 6.31. The number of nitrogens with zero attached hydrogens (tertiary/aromatic N) is 2. The molecule has 0 bridgehead atoms. The van der Waals surface area contributed by atoms with Gasteiger partial charge in [0.2, 0.25) is 0 Å². The van der Waals surface area contributed by atoms with Gasteiger partial charge in [-0.05, 0) is 50.3 Å². The highest BCUT2D eigenvalue weighted by Crippen LogP contribution is 2.43. The smallest absolute Gasteiger partial charge is 0.309 e. The number of ether oxygens (including phenoxy) is 1. The minimum Gasteiger partial charge on any atom is -0.466 e. The fourth-order valence-corrected chi connectivity index (χ4v) is 4.56. The molecule has 1 heterocycles. The van der Waals surface area contributed by atoms with Gasteiger partial charge in [-0.3, -0.25) is 9.79 Å². The van der Waals surface area contributed by atoms with Gasteiger partial charge in [0.1, 0.15) is 0 Å². The van der Waals surface area contributed by atoms with Gasteiger partial charge in [-0.25, -0.2) is 0 Å². The van der Waals surface area contributed by atoms with Crippen LogP contribution in [-0.2, 0) is 14.9 Å². The van der Waals surface area contributed by atoms with Gasteiger partial charge in [0.15, 0.2) is 5.96 Å². The molecule has 27 heavy (non-hydrogen) atoms. The van der Waals surface area contributed by atoms with Crippen molar-refractivity contribution in [3.05, 3.63) is 34.3 Å². The highest BCUT2D eigenvalue weighted by atomic mass is 79.9. The van der Waals surface area contributed by atoms with Crippen LogP contribution in [0.2, 0.25) is 0 Å². The van der Waals surface area contributed by atoms with Crippen molar-refractivity contribution >= 4 is 27.9 Å². The molecule has 2 aliphatic rings. The molecule has 5 nitrogen and oxygen atoms in total. The number of halogens is 1. The third-order valence-corrected chi connectivity index (χ3v) is 6.45. The number of aliphatic imine (C=N–C) groups is 1. The fourth-order valence-electron chi connectivity index (χ4n) is 4.16. The maximum atomic E-state index is 11.9. The first-order chi connectivity index (χ1) is 13.1. The Kier molecular flexibility index (Phi) is 6.79. The minimum absolute atomic E-state index is 0.0268. The average Bonchev–Trinajstić information content (AvgIpc) is 2.64. The van der Waals surface area contributed by atoms with Crippen LogP contribution in [0, 0.1) is 5.92 Å². The van der Waals surface area contributed by atoms with E-state index in [4.69, 9.17) is 4.74 Å². The predicted octanol–water partition coefficient (Wildman–Crippen LogP) is 3.72. The molecular formula is C21H30BrN3O2. The summed E-state index contributed by atoms with van der Waals surface area (Å²) >= 11 is 3.60. The summed E-state index contributed by atoms with van der Waals surface area (Å²) in [4.78, 5) is 18.7. The third-order valence-electron chi connectivity index (χ3n) is 5.96. The van der Waals surface area contributed by atoms with Crippen molar-refractivity contribution in [2.24, 2.45) is 10.9 Å². The minimum atomic E-state index is -0.0526. The Morgan fingerprint density at radius 3 is 2.67 bits per heavy atom. The van der Waals surface area contributed by atoms with E-state index < -0.39 is 0 Å². The molecule has 3 rings (SSSR count). The molecule has 0 aromatic heterocycles. The van der Waals surface area contributed by atoms with Crippen LogP contribution in [0.3, 0.4) is 0 Å². The summed E-state index contributed by atoms with van der Waals surface area (Å²) in [6.07, 6.45) is 5.35. The molecule has 1 N–H and O–H groups in total. The van der Waals surface area contributed by atoms with Gasteiger partial charge < -0.3 is 15.0 Å². The van der Waals surface area contributed by atoms with E-state index in [2.05, 4.69) is 55.4 Å². The van der Waals surface area contributed by atoms with E-state index in [0.717, 1.165) is 42.9 Å². The normalized spacial score (nSPS) is 20.1. The number of guanidine groups is 1. The van der Waals surface area contributed by atoms with Crippen molar-refractivity contribution in [3.63, 3.8) is 0 Å². The van der Waals surface area contributed by atoms with Crippen molar-refractivity contribution in [2.75, 3.05) is 33.3 Å². The Bertz CT molecular complexity index is 680. The Morgan fingerprint density at radius 2 is 2.11 bits per heavy atom. The number of hydrogen-bond donors (Lipinski definition) is 1. The summed E-state index contributed by atoms with van der Waals surface area (Å²) in [6.45, 7) is 4.90. The molecule has 0 atom stereocenters. The summed E-state index contributed by atoms with van der Waals surface area (Å²) in [6, 6.07) is 8.68. The van der Waals surface area contributed by atoms with Gasteiger partial charge >= 0.3 is 5.97 Å². The van der Waals surface area contributed by atoms with E-state index in [9.17, 15) is 4.79 Å². The molecule has 1 aliphatic heterocycles. The van der Waals surface area contributed by atoms with Crippen LogP contribution in [0.1, 0.15) is 44.6 Å². The first-order valence-electron chi connectivity index (χ1n) is 9.96. The fraction of sp³-hybridized carbons (Fsp3) is 0.619. The van der Waals surface area contributed by atoms with E-state index >= 15 is 0 Å². The van der Waals surface area contributed by atoms with Crippen molar-refractivity contribution in [2.45, 2.75) is 44.4 Å². The second kappa shape index (κ2) is 9.09. The lowest BCUT2D eigenvalue weighted by Crippen LogP contribution is -2.52. The monoisotopic (exact) mass is 435 g/mol. The summed E-state index contributed by atoms with van der Waals surface area (Å²) in [5.41, 5.74) is 1.59. The molecule has 6 heteroatoms. The number of nitrogens with one attached hydrogen (secondary N) is 1. The Hall–Kier alpha value is -1.56. The molecule has 0 spiro atoms. The van der Waals surface area contributed by atoms with Gasteiger partial charge in [0.05, 0.1) is 12.5 Å². The maximum absolute atomic E-state index is 11.9. The summed E-state index contributed by atoms with van der Waals surface area (Å²) in [5.74, 6) is 0.917. The molecule has 1 saturated carbocycles. The highest BCUT2D eigenvalue weighted by Gasteiger charge is 2.39. The zero-order valence-corrected chi connectivity index (χ0v) is 17.9. The molecule has 1 aromatic rings. The van der Waals surface area contributed by atoms with Crippen molar-refractivity contribution in [1.82, 2.24) is 10.2 Å².